The number of likely N-dealkylation sites (tertiary alicyclic amines) is 1. The van der Waals surface area contributed by atoms with Gasteiger partial charge in [-0.2, -0.15) is 0 Å². The molecule has 3 rings (SSSR count). The molecule has 1 aliphatic rings. The van der Waals surface area contributed by atoms with Gasteiger partial charge in [-0.05, 0) is 61.1 Å². The molecule has 30 heavy (non-hydrogen) atoms. The zero-order valence-electron chi connectivity index (χ0n) is 17.2. The van der Waals surface area contributed by atoms with Crippen molar-refractivity contribution in [3.05, 3.63) is 72.3 Å². The van der Waals surface area contributed by atoms with E-state index in [2.05, 4.69) is 23.4 Å². The van der Waals surface area contributed by atoms with Crippen molar-refractivity contribution < 1.29 is 17.9 Å². The van der Waals surface area contributed by atoms with Crippen LogP contribution in [-0.4, -0.2) is 46.0 Å². The fourth-order valence-corrected chi connectivity index (χ4v) is 4.71. The van der Waals surface area contributed by atoms with Gasteiger partial charge in [0.25, 0.3) is 5.91 Å². The summed E-state index contributed by atoms with van der Waals surface area (Å²) in [6.45, 7) is 5.00. The first-order valence-corrected chi connectivity index (χ1v) is 11.5. The summed E-state index contributed by atoms with van der Waals surface area (Å²) in [6.07, 6.45) is 4.31. The average Bonchev–Trinajstić information content (AvgIpc) is 2.78. The number of nitrogens with one attached hydrogen (secondary N) is 1. The van der Waals surface area contributed by atoms with E-state index >= 15 is 0 Å². The number of sulfonamides is 1. The fraction of sp³-hybridized carbons (Fsp3) is 0.348. The van der Waals surface area contributed by atoms with Crippen LogP contribution in [0, 0.1) is 5.92 Å². The molecule has 0 unspecified atom stereocenters. The molecule has 1 saturated heterocycles. The van der Waals surface area contributed by atoms with Gasteiger partial charge in [-0.15, -0.1) is 6.58 Å². The molecule has 1 aliphatic heterocycles. The Hall–Kier alpha value is -2.64. The third-order valence-corrected chi connectivity index (χ3v) is 6.82. The van der Waals surface area contributed by atoms with Crippen LogP contribution in [-0.2, 0) is 16.4 Å². The van der Waals surface area contributed by atoms with Crippen molar-refractivity contribution >= 4 is 15.9 Å². The minimum absolute atomic E-state index is 0.0876. The topological polar surface area (TPSA) is 75.7 Å². The Morgan fingerprint density at radius 1 is 1.20 bits per heavy atom. The van der Waals surface area contributed by atoms with Crippen LogP contribution in [0.5, 0.6) is 5.75 Å². The summed E-state index contributed by atoms with van der Waals surface area (Å²) in [5.74, 6) is 1.25. The normalized spacial score (nSPS) is 15.0. The Balaban J connectivity index is 1.59. The number of rotatable bonds is 8. The summed E-state index contributed by atoms with van der Waals surface area (Å²) >= 11 is 0. The zero-order valence-corrected chi connectivity index (χ0v) is 18.0. The maximum Gasteiger partial charge on any atom is 0.253 e. The number of nitrogens with zero attached hydrogens (tertiary/aromatic N) is 1. The third kappa shape index (κ3) is 5.49. The van der Waals surface area contributed by atoms with Gasteiger partial charge in [0, 0.05) is 25.2 Å². The van der Waals surface area contributed by atoms with Crippen molar-refractivity contribution in [3.8, 4) is 5.75 Å². The first-order chi connectivity index (χ1) is 14.4. The van der Waals surface area contributed by atoms with Gasteiger partial charge in [0.2, 0.25) is 10.0 Å². The maximum absolute atomic E-state index is 12.9. The molecule has 6 nitrogen and oxygen atoms in total. The van der Waals surface area contributed by atoms with Crippen LogP contribution < -0.4 is 9.46 Å². The van der Waals surface area contributed by atoms with E-state index in [1.165, 1.54) is 23.8 Å². The molecule has 0 aliphatic carbocycles. The second-order valence-electron chi connectivity index (χ2n) is 7.46. The SMILES string of the molecule is C=CCNS(=O)(=O)c1cccc(C(=O)N2CCC(Cc3ccc(OC)cc3)CC2)c1. The molecule has 0 atom stereocenters. The molecule has 1 N–H and O–H groups in total. The van der Waals surface area contributed by atoms with Crippen molar-refractivity contribution in [2.75, 3.05) is 26.7 Å². The predicted molar refractivity (Wildman–Crippen MR) is 117 cm³/mol. The van der Waals surface area contributed by atoms with E-state index in [1.807, 2.05) is 17.0 Å². The smallest absolute Gasteiger partial charge is 0.253 e. The van der Waals surface area contributed by atoms with E-state index in [-0.39, 0.29) is 17.3 Å². The number of amides is 1. The summed E-state index contributed by atoms with van der Waals surface area (Å²) < 4.78 is 32.2. The van der Waals surface area contributed by atoms with Crippen molar-refractivity contribution in [1.82, 2.24) is 9.62 Å². The van der Waals surface area contributed by atoms with Crippen LogP contribution in [0.15, 0.2) is 66.1 Å². The second kappa shape index (κ2) is 9.91. The molecule has 2 aromatic rings. The number of carbonyl (C=O) groups excluding carboxylic acids is 1. The first kappa shape index (κ1) is 22.1. The molecule has 7 heteroatoms. The third-order valence-electron chi connectivity index (χ3n) is 5.39. The van der Waals surface area contributed by atoms with E-state index < -0.39 is 10.0 Å². The van der Waals surface area contributed by atoms with Gasteiger partial charge in [0.1, 0.15) is 5.75 Å². The van der Waals surface area contributed by atoms with Crippen molar-refractivity contribution in [3.63, 3.8) is 0 Å². The molecule has 2 aromatic carbocycles. The molecule has 1 fully saturated rings. The predicted octanol–water partition coefficient (Wildman–Crippen LogP) is 3.25. The van der Waals surface area contributed by atoms with Crippen molar-refractivity contribution in [2.45, 2.75) is 24.2 Å². The van der Waals surface area contributed by atoms with Crippen molar-refractivity contribution in [1.29, 1.82) is 0 Å². The van der Waals surface area contributed by atoms with Crippen LogP contribution in [0.4, 0.5) is 0 Å². The number of piperidine rings is 1. The number of carbonyl (C=O) groups is 1. The van der Waals surface area contributed by atoms with E-state index in [0.717, 1.165) is 25.0 Å². The summed E-state index contributed by atoms with van der Waals surface area (Å²) in [5, 5.41) is 0. The lowest BCUT2D eigenvalue weighted by Crippen LogP contribution is -2.39. The molecule has 0 aromatic heterocycles. The monoisotopic (exact) mass is 428 g/mol. The number of hydrogen-bond acceptors (Lipinski definition) is 4. The Labute approximate surface area is 178 Å². The number of hydrogen-bond donors (Lipinski definition) is 1. The van der Waals surface area contributed by atoms with E-state index in [0.29, 0.717) is 24.6 Å². The molecule has 160 valence electrons. The molecule has 0 saturated carbocycles. The van der Waals surface area contributed by atoms with E-state index in [1.54, 1.807) is 19.2 Å². The van der Waals surface area contributed by atoms with Gasteiger partial charge in [0.15, 0.2) is 0 Å². The highest BCUT2D eigenvalue weighted by atomic mass is 32.2. The minimum Gasteiger partial charge on any atom is -0.497 e. The molecular formula is C23H28N2O4S. The largest absolute Gasteiger partial charge is 0.497 e. The molecular weight excluding hydrogens is 400 g/mol. The average molecular weight is 429 g/mol. The molecule has 0 bridgehead atoms. The lowest BCUT2D eigenvalue weighted by molar-refractivity contribution is 0.0690. The summed E-state index contributed by atoms with van der Waals surface area (Å²) in [4.78, 5) is 14.8. The molecule has 1 heterocycles. The van der Waals surface area contributed by atoms with Crippen molar-refractivity contribution in [2.24, 2.45) is 5.92 Å². The quantitative estimate of drug-likeness (QED) is 0.655. The number of methoxy groups -OCH3 is 1. The summed E-state index contributed by atoms with van der Waals surface area (Å²) in [5.41, 5.74) is 1.66. The number of ether oxygens (including phenoxy) is 1. The number of benzene rings is 2. The molecule has 0 radical (unpaired) electrons. The molecule has 0 spiro atoms. The van der Waals surface area contributed by atoms with Crippen LogP contribution in [0.3, 0.4) is 0 Å². The second-order valence-corrected chi connectivity index (χ2v) is 9.22. The van der Waals surface area contributed by atoms with Gasteiger partial charge < -0.3 is 9.64 Å². The fourth-order valence-electron chi connectivity index (χ4n) is 3.67. The Bertz CT molecular complexity index is 979. The lowest BCUT2D eigenvalue weighted by Gasteiger charge is -2.32. The van der Waals surface area contributed by atoms with Crippen LogP contribution in [0.1, 0.15) is 28.8 Å². The van der Waals surface area contributed by atoms with Gasteiger partial charge in [-0.25, -0.2) is 13.1 Å². The maximum atomic E-state index is 12.9. The molecule has 1 amide bonds. The summed E-state index contributed by atoms with van der Waals surface area (Å²) in [6, 6.07) is 14.3. The van der Waals surface area contributed by atoms with E-state index in [4.69, 9.17) is 4.74 Å². The van der Waals surface area contributed by atoms with Gasteiger partial charge in [-0.1, -0.05) is 24.3 Å². The van der Waals surface area contributed by atoms with Gasteiger partial charge in [-0.3, -0.25) is 4.79 Å². The van der Waals surface area contributed by atoms with Crippen LogP contribution in [0.2, 0.25) is 0 Å². The van der Waals surface area contributed by atoms with E-state index in [9.17, 15) is 13.2 Å². The van der Waals surface area contributed by atoms with Crippen LogP contribution in [0.25, 0.3) is 0 Å². The Morgan fingerprint density at radius 3 is 2.53 bits per heavy atom. The first-order valence-electron chi connectivity index (χ1n) is 10.1. The zero-order chi connectivity index (χ0) is 21.6. The minimum atomic E-state index is -3.66. The lowest BCUT2D eigenvalue weighted by atomic mass is 9.90. The Kier molecular flexibility index (Phi) is 7.29. The van der Waals surface area contributed by atoms with Gasteiger partial charge >= 0.3 is 0 Å². The highest BCUT2D eigenvalue weighted by molar-refractivity contribution is 7.89. The standard InChI is InChI=1S/C23H28N2O4S/c1-3-13-24-30(27,28)22-6-4-5-20(17-22)23(26)25-14-11-19(12-15-25)16-18-7-9-21(29-2)10-8-18/h3-10,17,19,24H,1,11-16H2,2H3. The highest BCUT2D eigenvalue weighted by Gasteiger charge is 2.25. The van der Waals surface area contributed by atoms with Gasteiger partial charge in [0.05, 0.1) is 12.0 Å². The van der Waals surface area contributed by atoms with Crippen LogP contribution >= 0.6 is 0 Å². The highest BCUT2D eigenvalue weighted by Crippen LogP contribution is 2.24. The summed E-state index contributed by atoms with van der Waals surface area (Å²) in [7, 11) is -2.00. The Morgan fingerprint density at radius 2 is 1.90 bits per heavy atom.